The fraction of sp³-hybridized carbons (Fsp3) is 0.816. The Labute approximate surface area is 285 Å². The minimum Gasteiger partial charge on any atom is -0.394 e. The number of carbonyl (C=O) groups excluding carboxylic acids is 1. The van der Waals surface area contributed by atoms with E-state index in [1.165, 1.54) is 64.2 Å². The summed E-state index contributed by atoms with van der Waals surface area (Å²) in [7, 11) is 0. The molecule has 6 N–H and O–H groups in total. The molecule has 0 aromatic rings. The largest absolute Gasteiger partial charge is 0.394 e. The average Bonchev–Trinajstić information content (AvgIpc) is 3.07. The summed E-state index contributed by atoms with van der Waals surface area (Å²) >= 11 is 0. The average molecular weight is 668 g/mol. The van der Waals surface area contributed by atoms with Gasteiger partial charge in [-0.3, -0.25) is 4.79 Å². The zero-order valence-electron chi connectivity index (χ0n) is 29.5. The molecule has 9 heteroatoms. The first-order chi connectivity index (χ1) is 22.8. The monoisotopic (exact) mass is 668 g/mol. The van der Waals surface area contributed by atoms with Crippen LogP contribution in [0.25, 0.3) is 0 Å². The van der Waals surface area contributed by atoms with E-state index in [-0.39, 0.29) is 12.5 Å². The number of hydrogen-bond acceptors (Lipinski definition) is 8. The van der Waals surface area contributed by atoms with E-state index in [0.29, 0.717) is 6.42 Å². The summed E-state index contributed by atoms with van der Waals surface area (Å²) in [6, 6.07) is -0.806. The molecule has 7 atom stereocenters. The van der Waals surface area contributed by atoms with Crippen molar-refractivity contribution in [1.29, 1.82) is 0 Å². The molecule has 1 saturated heterocycles. The van der Waals surface area contributed by atoms with Crippen LogP contribution in [-0.4, -0.2) is 87.5 Å². The molecule has 7 unspecified atom stereocenters. The molecule has 0 bridgehead atoms. The lowest BCUT2D eigenvalue weighted by molar-refractivity contribution is -0.302. The fourth-order valence-corrected chi connectivity index (χ4v) is 5.61. The summed E-state index contributed by atoms with van der Waals surface area (Å²) in [6.45, 7) is 3.67. The third-order valence-corrected chi connectivity index (χ3v) is 8.74. The highest BCUT2D eigenvalue weighted by molar-refractivity contribution is 5.76. The first kappa shape index (κ1) is 43.4. The van der Waals surface area contributed by atoms with E-state index in [1.807, 2.05) is 6.08 Å². The standard InChI is InChI=1S/C38H69NO8/c1-3-5-7-9-11-13-14-15-16-17-18-20-22-24-26-28-34(42)39-31(32(41)27-25-23-21-19-12-10-8-6-4-2)30-46-38-37(45)36(44)35(43)33(29-40)47-38/h11,13-15,25,27,31-33,35-38,40-41,43-45H,3-10,12,16-24,26,28-30H2,1-2H3,(H,39,42)/b13-11-,15-14-,27-25+. The van der Waals surface area contributed by atoms with E-state index in [9.17, 15) is 30.3 Å². The zero-order valence-corrected chi connectivity index (χ0v) is 29.5. The molecule has 0 radical (unpaired) electrons. The summed E-state index contributed by atoms with van der Waals surface area (Å²) in [5.74, 6) is -0.195. The van der Waals surface area contributed by atoms with E-state index >= 15 is 0 Å². The SMILES string of the molecule is CCCCC/C=C\C=C/CCCCCCCCC(=O)NC(COC1OC(CO)C(O)C(O)C1O)C(O)/C=C/CCCCCCCCC. The van der Waals surface area contributed by atoms with Gasteiger partial charge in [0.15, 0.2) is 6.29 Å². The van der Waals surface area contributed by atoms with Crippen molar-refractivity contribution in [2.45, 2.75) is 185 Å². The van der Waals surface area contributed by atoms with Crippen LogP contribution in [0.4, 0.5) is 0 Å². The summed E-state index contributed by atoms with van der Waals surface area (Å²) in [4.78, 5) is 12.8. The van der Waals surface area contributed by atoms with E-state index in [0.717, 1.165) is 57.8 Å². The molecule has 1 aliphatic rings. The Bertz CT molecular complexity index is 833. The Morgan fingerprint density at radius 1 is 0.723 bits per heavy atom. The molecule has 0 aliphatic carbocycles. The number of allylic oxidation sites excluding steroid dienone is 5. The summed E-state index contributed by atoms with van der Waals surface area (Å²) in [5.41, 5.74) is 0. The van der Waals surface area contributed by atoms with Crippen molar-refractivity contribution in [1.82, 2.24) is 5.32 Å². The summed E-state index contributed by atoms with van der Waals surface area (Å²) < 4.78 is 11.1. The van der Waals surface area contributed by atoms with Gasteiger partial charge >= 0.3 is 0 Å². The number of carbonyl (C=O) groups is 1. The minimum absolute atomic E-state index is 0.194. The second-order valence-electron chi connectivity index (χ2n) is 13.0. The zero-order chi connectivity index (χ0) is 34.5. The van der Waals surface area contributed by atoms with E-state index in [4.69, 9.17) is 9.47 Å². The maximum absolute atomic E-state index is 12.8. The van der Waals surface area contributed by atoms with Crippen LogP contribution >= 0.6 is 0 Å². The van der Waals surface area contributed by atoms with Gasteiger partial charge in [0.05, 0.1) is 25.4 Å². The molecule has 1 amide bonds. The molecule has 274 valence electrons. The first-order valence-corrected chi connectivity index (χ1v) is 18.7. The molecule has 1 rings (SSSR count). The highest BCUT2D eigenvalue weighted by Crippen LogP contribution is 2.22. The smallest absolute Gasteiger partial charge is 0.220 e. The van der Waals surface area contributed by atoms with E-state index < -0.39 is 49.5 Å². The maximum atomic E-state index is 12.8. The van der Waals surface area contributed by atoms with Gasteiger partial charge in [0.25, 0.3) is 0 Å². The predicted octanol–water partition coefficient (Wildman–Crippen LogP) is 6.16. The lowest BCUT2D eigenvalue weighted by Gasteiger charge is -2.40. The molecule has 47 heavy (non-hydrogen) atoms. The molecular formula is C38H69NO8. The van der Waals surface area contributed by atoms with Crippen LogP contribution in [0.1, 0.15) is 142 Å². The van der Waals surface area contributed by atoms with Gasteiger partial charge in [-0.1, -0.05) is 127 Å². The number of aliphatic hydroxyl groups is 5. The predicted molar refractivity (Wildman–Crippen MR) is 189 cm³/mol. The van der Waals surface area contributed by atoms with Crippen LogP contribution in [-0.2, 0) is 14.3 Å². The number of nitrogens with one attached hydrogen (secondary N) is 1. The molecule has 0 saturated carbocycles. The Kier molecular flexibility index (Phi) is 27.1. The second-order valence-corrected chi connectivity index (χ2v) is 13.0. The molecule has 1 aliphatic heterocycles. The van der Waals surface area contributed by atoms with Crippen molar-refractivity contribution < 1.29 is 39.8 Å². The number of rotatable bonds is 29. The number of aliphatic hydroxyl groups excluding tert-OH is 5. The number of unbranched alkanes of at least 4 members (excludes halogenated alkanes) is 16. The van der Waals surface area contributed by atoms with Gasteiger partial charge in [-0.25, -0.2) is 0 Å². The van der Waals surface area contributed by atoms with Gasteiger partial charge in [-0.2, -0.15) is 0 Å². The lowest BCUT2D eigenvalue weighted by Crippen LogP contribution is -2.60. The topological polar surface area (TPSA) is 149 Å². The van der Waals surface area contributed by atoms with E-state index in [1.54, 1.807) is 6.08 Å². The van der Waals surface area contributed by atoms with Crippen molar-refractivity contribution in [3.8, 4) is 0 Å². The Balaban J connectivity index is 2.46. The Hall–Kier alpha value is -1.59. The molecule has 0 aromatic carbocycles. The Morgan fingerprint density at radius 2 is 1.23 bits per heavy atom. The van der Waals surface area contributed by atoms with Crippen LogP contribution in [0.5, 0.6) is 0 Å². The van der Waals surface area contributed by atoms with Crippen LogP contribution in [0.2, 0.25) is 0 Å². The van der Waals surface area contributed by atoms with Gasteiger partial charge in [0.2, 0.25) is 5.91 Å². The highest BCUT2D eigenvalue weighted by Gasteiger charge is 2.44. The third kappa shape index (κ3) is 21.2. The van der Waals surface area contributed by atoms with Crippen LogP contribution in [0, 0.1) is 0 Å². The fourth-order valence-electron chi connectivity index (χ4n) is 5.61. The lowest BCUT2D eigenvalue weighted by atomic mass is 9.99. The van der Waals surface area contributed by atoms with Crippen molar-refractivity contribution in [3.63, 3.8) is 0 Å². The van der Waals surface area contributed by atoms with Crippen molar-refractivity contribution in [2.75, 3.05) is 13.2 Å². The number of amides is 1. The molecule has 9 nitrogen and oxygen atoms in total. The van der Waals surface area contributed by atoms with E-state index in [2.05, 4.69) is 43.5 Å². The van der Waals surface area contributed by atoms with Crippen molar-refractivity contribution in [2.24, 2.45) is 0 Å². The van der Waals surface area contributed by atoms with Gasteiger partial charge in [0.1, 0.15) is 24.4 Å². The van der Waals surface area contributed by atoms with Gasteiger partial charge in [-0.15, -0.1) is 0 Å². The quantitative estimate of drug-likeness (QED) is 0.0316. The van der Waals surface area contributed by atoms with Gasteiger partial charge in [0, 0.05) is 6.42 Å². The van der Waals surface area contributed by atoms with Crippen LogP contribution in [0.15, 0.2) is 36.5 Å². The summed E-state index contributed by atoms with van der Waals surface area (Å²) in [5, 5.41) is 53.7. The highest BCUT2D eigenvalue weighted by atomic mass is 16.7. The first-order valence-electron chi connectivity index (χ1n) is 18.7. The number of hydrogen-bond donors (Lipinski definition) is 6. The van der Waals surface area contributed by atoms with Gasteiger partial charge < -0.3 is 40.3 Å². The maximum Gasteiger partial charge on any atom is 0.220 e. The van der Waals surface area contributed by atoms with Crippen molar-refractivity contribution in [3.05, 3.63) is 36.5 Å². The Morgan fingerprint density at radius 3 is 1.83 bits per heavy atom. The van der Waals surface area contributed by atoms with Crippen molar-refractivity contribution >= 4 is 5.91 Å². The molecule has 1 fully saturated rings. The molecule has 0 aromatic heterocycles. The van der Waals surface area contributed by atoms with Gasteiger partial charge in [-0.05, 0) is 44.9 Å². The van der Waals surface area contributed by atoms with Crippen LogP contribution in [0.3, 0.4) is 0 Å². The molecule has 1 heterocycles. The second kappa shape index (κ2) is 29.3. The summed E-state index contributed by atoms with van der Waals surface area (Å²) in [6.07, 6.45) is 26.2. The number of ether oxygens (including phenoxy) is 2. The van der Waals surface area contributed by atoms with Crippen LogP contribution < -0.4 is 5.32 Å². The molecular weight excluding hydrogens is 598 g/mol. The third-order valence-electron chi connectivity index (χ3n) is 8.74. The normalized spacial score (nSPS) is 23.3. The minimum atomic E-state index is -1.57. The molecule has 0 spiro atoms.